The number of Topliss-reactive ketones (excluding diaryl/α,β-unsaturated/α-hetero) is 1. The van der Waals surface area contributed by atoms with Gasteiger partial charge < -0.3 is 4.74 Å². The number of halogens is 2. The summed E-state index contributed by atoms with van der Waals surface area (Å²) in [5.74, 6) is -0.189. The number of esters is 1. The molecule has 0 saturated carbocycles. The van der Waals surface area contributed by atoms with E-state index in [4.69, 9.17) is 0 Å². The minimum absolute atomic E-state index is 0.0981. The Balaban J connectivity index is 2.86. The fourth-order valence-electron chi connectivity index (χ4n) is 1.37. The summed E-state index contributed by atoms with van der Waals surface area (Å²) in [5, 5.41) is 0.334. The molecule has 1 aromatic rings. The molecule has 3 nitrogen and oxygen atoms in total. The van der Waals surface area contributed by atoms with Crippen LogP contribution in [-0.4, -0.2) is 24.2 Å². The molecule has 17 heavy (non-hydrogen) atoms. The summed E-state index contributed by atoms with van der Waals surface area (Å²) in [4.78, 5) is 22.5. The van der Waals surface area contributed by atoms with Crippen molar-refractivity contribution >= 4 is 43.6 Å². The number of carbonyl (C=O) groups excluding carboxylic acids is 2. The van der Waals surface area contributed by atoms with E-state index in [2.05, 4.69) is 36.6 Å². The van der Waals surface area contributed by atoms with Crippen molar-refractivity contribution in [1.29, 1.82) is 0 Å². The summed E-state index contributed by atoms with van der Waals surface area (Å²) < 4.78 is 5.48. The predicted octanol–water partition coefficient (Wildman–Crippen LogP) is 2.67. The van der Waals surface area contributed by atoms with E-state index in [1.165, 1.54) is 7.11 Å². The van der Waals surface area contributed by atoms with Crippen LogP contribution in [0.1, 0.15) is 11.1 Å². The summed E-state index contributed by atoms with van der Waals surface area (Å²) >= 11 is 6.52. The third-order valence-corrected chi connectivity index (χ3v) is 3.62. The highest BCUT2D eigenvalue weighted by Gasteiger charge is 2.09. The number of alkyl halides is 1. The SMILES string of the molecule is COC(=O)Cc1ccc(Br)c(CC(=O)CBr)c1. The highest BCUT2D eigenvalue weighted by atomic mass is 79.9. The molecule has 0 unspecified atom stereocenters. The molecule has 0 aliphatic heterocycles. The van der Waals surface area contributed by atoms with Crippen LogP contribution in [0.5, 0.6) is 0 Å². The fourth-order valence-corrected chi connectivity index (χ4v) is 1.96. The zero-order valence-corrected chi connectivity index (χ0v) is 12.5. The number of ether oxygens (including phenoxy) is 1. The highest BCUT2D eigenvalue weighted by Crippen LogP contribution is 2.20. The predicted molar refractivity (Wildman–Crippen MR) is 72.4 cm³/mol. The van der Waals surface area contributed by atoms with Crippen LogP contribution in [0.4, 0.5) is 0 Å². The molecule has 0 heterocycles. The van der Waals surface area contributed by atoms with Crippen molar-refractivity contribution in [2.75, 3.05) is 12.4 Å². The molecule has 0 bridgehead atoms. The van der Waals surface area contributed by atoms with Gasteiger partial charge in [-0.15, -0.1) is 0 Å². The second-order valence-electron chi connectivity index (χ2n) is 3.53. The van der Waals surface area contributed by atoms with Crippen LogP contribution in [-0.2, 0) is 27.2 Å². The lowest BCUT2D eigenvalue weighted by atomic mass is 10.0. The first kappa shape index (κ1) is 14.4. The topological polar surface area (TPSA) is 43.4 Å². The van der Waals surface area contributed by atoms with E-state index in [-0.39, 0.29) is 18.2 Å². The van der Waals surface area contributed by atoms with Gasteiger partial charge >= 0.3 is 5.97 Å². The molecule has 0 fully saturated rings. The van der Waals surface area contributed by atoms with Gasteiger partial charge in [-0.1, -0.05) is 44.0 Å². The lowest BCUT2D eigenvalue weighted by Crippen LogP contribution is -2.07. The summed E-state index contributed by atoms with van der Waals surface area (Å²) in [6.45, 7) is 0. The molecule has 5 heteroatoms. The lowest BCUT2D eigenvalue weighted by Gasteiger charge is -2.06. The standard InChI is InChI=1S/C12H12Br2O3/c1-17-12(16)5-8-2-3-11(14)9(4-8)6-10(15)7-13/h2-4H,5-7H2,1H3. The third kappa shape index (κ3) is 4.60. The molecule has 1 rings (SSSR count). The Morgan fingerprint density at radius 3 is 2.59 bits per heavy atom. The molecule has 0 aromatic heterocycles. The van der Waals surface area contributed by atoms with E-state index >= 15 is 0 Å². The maximum absolute atomic E-state index is 11.4. The summed E-state index contributed by atoms with van der Waals surface area (Å²) in [6, 6.07) is 5.53. The Bertz CT molecular complexity index is 430. The van der Waals surface area contributed by atoms with E-state index < -0.39 is 0 Å². The van der Waals surface area contributed by atoms with Gasteiger partial charge in [-0.05, 0) is 17.2 Å². The van der Waals surface area contributed by atoms with Gasteiger partial charge in [-0.25, -0.2) is 0 Å². The van der Waals surface area contributed by atoms with Crippen LogP contribution in [0, 0.1) is 0 Å². The number of hydrogen-bond donors (Lipinski definition) is 0. The molecule has 0 radical (unpaired) electrons. The second kappa shape index (κ2) is 6.91. The zero-order valence-electron chi connectivity index (χ0n) is 9.33. The van der Waals surface area contributed by atoms with Crippen molar-refractivity contribution in [3.05, 3.63) is 33.8 Å². The van der Waals surface area contributed by atoms with E-state index in [9.17, 15) is 9.59 Å². The first-order valence-electron chi connectivity index (χ1n) is 4.98. The van der Waals surface area contributed by atoms with Crippen molar-refractivity contribution in [3.8, 4) is 0 Å². The van der Waals surface area contributed by atoms with Gasteiger partial charge in [0.05, 0.1) is 18.9 Å². The smallest absolute Gasteiger partial charge is 0.309 e. The lowest BCUT2D eigenvalue weighted by molar-refractivity contribution is -0.139. The quantitative estimate of drug-likeness (QED) is 0.596. The number of hydrogen-bond acceptors (Lipinski definition) is 3. The van der Waals surface area contributed by atoms with Crippen molar-refractivity contribution in [3.63, 3.8) is 0 Å². The normalized spacial score (nSPS) is 10.1. The van der Waals surface area contributed by atoms with Crippen molar-refractivity contribution in [1.82, 2.24) is 0 Å². The average molecular weight is 364 g/mol. The number of benzene rings is 1. The zero-order chi connectivity index (χ0) is 12.8. The van der Waals surface area contributed by atoms with E-state index in [0.717, 1.165) is 15.6 Å². The number of methoxy groups -OCH3 is 1. The Morgan fingerprint density at radius 2 is 2.00 bits per heavy atom. The van der Waals surface area contributed by atoms with E-state index in [1.807, 2.05) is 18.2 Å². The molecule has 0 aliphatic carbocycles. The van der Waals surface area contributed by atoms with E-state index in [1.54, 1.807) is 0 Å². The summed E-state index contributed by atoms with van der Waals surface area (Å²) in [6.07, 6.45) is 0.570. The molecule has 0 aliphatic rings. The second-order valence-corrected chi connectivity index (χ2v) is 4.94. The first-order valence-corrected chi connectivity index (χ1v) is 6.90. The minimum Gasteiger partial charge on any atom is -0.469 e. The van der Waals surface area contributed by atoms with E-state index in [0.29, 0.717) is 11.8 Å². The Labute approximate surface area is 117 Å². The van der Waals surface area contributed by atoms with Gasteiger partial charge in [-0.2, -0.15) is 0 Å². The van der Waals surface area contributed by atoms with Crippen LogP contribution >= 0.6 is 31.9 Å². The Morgan fingerprint density at radius 1 is 1.29 bits per heavy atom. The number of rotatable bonds is 5. The summed E-state index contributed by atoms with van der Waals surface area (Å²) in [7, 11) is 1.36. The van der Waals surface area contributed by atoms with Gasteiger partial charge in [0, 0.05) is 10.9 Å². The maximum atomic E-state index is 11.4. The third-order valence-electron chi connectivity index (χ3n) is 2.22. The van der Waals surface area contributed by atoms with Crippen LogP contribution < -0.4 is 0 Å². The van der Waals surface area contributed by atoms with Gasteiger partial charge in [0.1, 0.15) is 5.78 Å². The molecule has 92 valence electrons. The Kier molecular flexibility index (Phi) is 5.85. The Hall–Kier alpha value is -0.680. The summed E-state index contributed by atoms with van der Waals surface area (Å²) in [5.41, 5.74) is 1.73. The molecular formula is C12H12Br2O3. The average Bonchev–Trinajstić information content (AvgIpc) is 2.33. The molecule has 0 saturated heterocycles. The molecule has 1 aromatic carbocycles. The van der Waals surface area contributed by atoms with Crippen molar-refractivity contribution in [2.24, 2.45) is 0 Å². The van der Waals surface area contributed by atoms with Crippen LogP contribution in [0.3, 0.4) is 0 Å². The van der Waals surface area contributed by atoms with Crippen LogP contribution in [0.15, 0.2) is 22.7 Å². The fraction of sp³-hybridized carbons (Fsp3) is 0.333. The van der Waals surface area contributed by atoms with Gasteiger partial charge in [0.25, 0.3) is 0 Å². The molecule has 0 atom stereocenters. The minimum atomic E-state index is -0.287. The maximum Gasteiger partial charge on any atom is 0.309 e. The van der Waals surface area contributed by atoms with Crippen LogP contribution in [0.25, 0.3) is 0 Å². The monoisotopic (exact) mass is 362 g/mol. The number of carbonyl (C=O) groups is 2. The largest absolute Gasteiger partial charge is 0.469 e. The van der Waals surface area contributed by atoms with Crippen molar-refractivity contribution in [2.45, 2.75) is 12.8 Å². The van der Waals surface area contributed by atoms with Gasteiger partial charge in [0.15, 0.2) is 0 Å². The first-order chi connectivity index (χ1) is 8.06. The van der Waals surface area contributed by atoms with Crippen molar-refractivity contribution < 1.29 is 14.3 Å². The number of ketones is 1. The highest BCUT2D eigenvalue weighted by molar-refractivity contribution is 9.10. The van der Waals surface area contributed by atoms with Gasteiger partial charge in [-0.3, -0.25) is 9.59 Å². The molecule has 0 N–H and O–H groups in total. The molecule has 0 amide bonds. The van der Waals surface area contributed by atoms with Gasteiger partial charge in [0.2, 0.25) is 0 Å². The molecular weight excluding hydrogens is 352 g/mol. The van der Waals surface area contributed by atoms with Crippen LogP contribution in [0.2, 0.25) is 0 Å². The molecule has 0 spiro atoms.